The van der Waals surface area contributed by atoms with Crippen LogP contribution in [0.2, 0.25) is 5.02 Å². The number of anilines is 1. The van der Waals surface area contributed by atoms with Crippen LogP contribution >= 0.6 is 34.7 Å². The molecule has 0 fully saturated rings. The highest BCUT2D eigenvalue weighted by Gasteiger charge is 2.24. The second-order valence-corrected chi connectivity index (χ2v) is 10.2. The fourth-order valence-corrected chi connectivity index (χ4v) is 5.98. The van der Waals surface area contributed by atoms with Gasteiger partial charge in [0.1, 0.15) is 0 Å². The number of allylic oxidation sites excluding steroid dienone is 1. The summed E-state index contributed by atoms with van der Waals surface area (Å²) in [4.78, 5) is 14.0. The standard InChI is InChI=1S/C23H25ClN4OS2/c1-4-10-28-22(17-12-30-20-11-14(2)8-9-16(17)20)26-27-23(28)31-13-21(29)25-19-7-5-6-18(24)15(19)3/h4-7,12,14H,1,8-11,13H2,2-3H3,(H,25,29). The number of rotatable bonds is 7. The second kappa shape index (κ2) is 9.59. The van der Waals surface area contributed by atoms with Gasteiger partial charge in [0.05, 0.1) is 5.75 Å². The zero-order valence-electron chi connectivity index (χ0n) is 17.7. The highest BCUT2D eigenvalue weighted by molar-refractivity contribution is 7.99. The van der Waals surface area contributed by atoms with Crippen LogP contribution in [0.1, 0.15) is 29.3 Å². The summed E-state index contributed by atoms with van der Waals surface area (Å²) in [6.45, 7) is 8.69. The van der Waals surface area contributed by atoms with Gasteiger partial charge in [0, 0.05) is 33.1 Å². The maximum Gasteiger partial charge on any atom is 0.234 e. The number of hydrogen-bond donors (Lipinski definition) is 1. The molecule has 162 valence electrons. The minimum atomic E-state index is -0.105. The highest BCUT2D eigenvalue weighted by Crippen LogP contribution is 2.38. The Kier molecular flexibility index (Phi) is 6.84. The first-order valence-electron chi connectivity index (χ1n) is 10.3. The van der Waals surface area contributed by atoms with Gasteiger partial charge in [0.15, 0.2) is 11.0 Å². The summed E-state index contributed by atoms with van der Waals surface area (Å²) in [5.41, 5.74) is 4.17. The van der Waals surface area contributed by atoms with Crippen LogP contribution in [0.15, 0.2) is 41.4 Å². The summed E-state index contributed by atoms with van der Waals surface area (Å²) < 4.78 is 2.05. The van der Waals surface area contributed by atoms with Crippen molar-refractivity contribution in [1.82, 2.24) is 14.8 Å². The van der Waals surface area contributed by atoms with Crippen LogP contribution in [0.3, 0.4) is 0 Å². The van der Waals surface area contributed by atoms with Gasteiger partial charge in [0.25, 0.3) is 0 Å². The molecule has 0 bridgehead atoms. The Morgan fingerprint density at radius 2 is 2.29 bits per heavy atom. The Labute approximate surface area is 195 Å². The number of carbonyl (C=O) groups is 1. The molecular weight excluding hydrogens is 448 g/mol. The van der Waals surface area contributed by atoms with E-state index in [1.165, 1.54) is 34.2 Å². The molecule has 1 aromatic carbocycles. The van der Waals surface area contributed by atoms with E-state index in [-0.39, 0.29) is 11.7 Å². The fourth-order valence-electron chi connectivity index (χ4n) is 3.81. The van der Waals surface area contributed by atoms with Crippen molar-refractivity contribution in [2.24, 2.45) is 5.92 Å². The van der Waals surface area contributed by atoms with Gasteiger partial charge in [0.2, 0.25) is 5.91 Å². The predicted molar refractivity (Wildman–Crippen MR) is 130 cm³/mol. The molecule has 5 nitrogen and oxygen atoms in total. The summed E-state index contributed by atoms with van der Waals surface area (Å²) in [6.07, 6.45) is 5.27. The number of aromatic nitrogens is 3. The van der Waals surface area contributed by atoms with Crippen LogP contribution in [-0.2, 0) is 24.2 Å². The van der Waals surface area contributed by atoms with Gasteiger partial charge in [-0.05, 0) is 55.4 Å². The number of amides is 1. The summed E-state index contributed by atoms with van der Waals surface area (Å²) in [5, 5.41) is 15.4. The number of benzene rings is 1. The maximum atomic E-state index is 12.5. The van der Waals surface area contributed by atoms with Crippen LogP contribution in [-0.4, -0.2) is 26.4 Å². The summed E-state index contributed by atoms with van der Waals surface area (Å²) in [7, 11) is 0. The first kappa shape index (κ1) is 22.1. The van der Waals surface area contributed by atoms with Crippen molar-refractivity contribution < 1.29 is 4.79 Å². The smallest absolute Gasteiger partial charge is 0.234 e. The first-order chi connectivity index (χ1) is 15.0. The molecule has 3 aromatic rings. The average Bonchev–Trinajstić information content (AvgIpc) is 3.33. The number of thiophene rings is 1. The van der Waals surface area contributed by atoms with E-state index in [1.54, 1.807) is 0 Å². The van der Waals surface area contributed by atoms with E-state index in [0.717, 1.165) is 41.0 Å². The number of hydrogen-bond acceptors (Lipinski definition) is 5. The number of nitrogens with one attached hydrogen (secondary N) is 1. The maximum absolute atomic E-state index is 12.5. The van der Waals surface area contributed by atoms with Crippen LogP contribution in [0.5, 0.6) is 0 Å². The fraction of sp³-hybridized carbons (Fsp3) is 0.348. The zero-order valence-corrected chi connectivity index (χ0v) is 20.0. The Hall–Kier alpha value is -2.09. The molecule has 8 heteroatoms. The lowest BCUT2D eigenvalue weighted by Gasteiger charge is -2.19. The lowest BCUT2D eigenvalue weighted by Crippen LogP contribution is -2.15. The molecule has 1 atom stereocenters. The molecule has 0 saturated carbocycles. The Bertz CT molecular complexity index is 1120. The van der Waals surface area contributed by atoms with Crippen molar-refractivity contribution in [3.8, 4) is 11.4 Å². The number of carbonyl (C=O) groups excluding carboxylic acids is 1. The zero-order chi connectivity index (χ0) is 22.0. The third-order valence-electron chi connectivity index (χ3n) is 5.55. The third-order valence-corrected chi connectivity index (χ3v) is 7.97. The van der Waals surface area contributed by atoms with Crippen molar-refractivity contribution in [1.29, 1.82) is 0 Å². The molecule has 2 aromatic heterocycles. The van der Waals surface area contributed by atoms with Crippen LogP contribution < -0.4 is 5.32 Å². The summed E-state index contributed by atoms with van der Waals surface area (Å²) in [5.74, 6) is 1.73. The molecule has 4 rings (SSSR count). The highest BCUT2D eigenvalue weighted by atomic mass is 35.5. The van der Waals surface area contributed by atoms with Crippen molar-refractivity contribution in [3.05, 3.63) is 57.3 Å². The molecule has 0 radical (unpaired) electrons. The third kappa shape index (κ3) is 4.73. The lowest BCUT2D eigenvalue weighted by molar-refractivity contribution is -0.113. The number of halogens is 1. The van der Waals surface area contributed by atoms with Gasteiger partial charge in [-0.3, -0.25) is 9.36 Å². The topological polar surface area (TPSA) is 59.8 Å². The summed E-state index contributed by atoms with van der Waals surface area (Å²) >= 11 is 9.35. The summed E-state index contributed by atoms with van der Waals surface area (Å²) in [6, 6.07) is 5.49. The molecule has 1 unspecified atom stereocenters. The molecular formula is C23H25ClN4OS2. The van der Waals surface area contributed by atoms with Gasteiger partial charge >= 0.3 is 0 Å². The molecule has 31 heavy (non-hydrogen) atoms. The number of nitrogens with zero attached hydrogens (tertiary/aromatic N) is 3. The van der Waals surface area contributed by atoms with Gasteiger partial charge in [-0.2, -0.15) is 0 Å². The van der Waals surface area contributed by atoms with Crippen LogP contribution in [0.25, 0.3) is 11.4 Å². The van der Waals surface area contributed by atoms with Gasteiger partial charge in [-0.1, -0.05) is 42.4 Å². The largest absolute Gasteiger partial charge is 0.325 e. The number of fused-ring (bicyclic) bond motifs is 1. The first-order valence-corrected chi connectivity index (χ1v) is 12.5. The van der Waals surface area contributed by atoms with E-state index in [1.807, 2.05) is 42.5 Å². The van der Waals surface area contributed by atoms with E-state index < -0.39 is 0 Å². The molecule has 1 N–H and O–H groups in total. The van der Waals surface area contributed by atoms with Crippen molar-refractivity contribution in [3.63, 3.8) is 0 Å². The lowest BCUT2D eigenvalue weighted by atomic mass is 9.88. The Balaban J connectivity index is 1.51. The van der Waals surface area contributed by atoms with E-state index in [4.69, 9.17) is 11.6 Å². The SMILES string of the molecule is C=CCn1c(SCC(=O)Nc2cccc(Cl)c2C)nnc1-c1csc2c1CCC(C)C2. The van der Waals surface area contributed by atoms with Crippen molar-refractivity contribution >= 4 is 46.3 Å². The van der Waals surface area contributed by atoms with E-state index in [0.29, 0.717) is 11.6 Å². The quantitative estimate of drug-likeness (QED) is 0.338. The normalized spacial score (nSPS) is 15.5. The van der Waals surface area contributed by atoms with E-state index in [2.05, 4.69) is 39.0 Å². The number of thioether (sulfide) groups is 1. The van der Waals surface area contributed by atoms with Gasteiger partial charge in [-0.25, -0.2) is 0 Å². The molecule has 1 aliphatic rings. The van der Waals surface area contributed by atoms with E-state index >= 15 is 0 Å². The molecule has 2 heterocycles. The Morgan fingerprint density at radius 1 is 1.45 bits per heavy atom. The van der Waals surface area contributed by atoms with E-state index in [9.17, 15) is 4.79 Å². The molecule has 1 aliphatic carbocycles. The minimum absolute atomic E-state index is 0.105. The molecule has 1 amide bonds. The molecule has 0 aliphatic heterocycles. The van der Waals surface area contributed by atoms with Crippen molar-refractivity contribution in [2.45, 2.75) is 44.8 Å². The van der Waals surface area contributed by atoms with Gasteiger partial charge < -0.3 is 5.32 Å². The van der Waals surface area contributed by atoms with Crippen molar-refractivity contribution in [2.75, 3.05) is 11.1 Å². The minimum Gasteiger partial charge on any atom is -0.325 e. The molecule has 0 saturated heterocycles. The second-order valence-electron chi connectivity index (χ2n) is 7.85. The van der Waals surface area contributed by atoms with Crippen LogP contribution in [0.4, 0.5) is 5.69 Å². The molecule has 0 spiro atoms. The Morgan fingerprint density at radius 3 is 3.10 bits per heavy atom. The van der Waals surface area contributed by atoms with Gasteiger partial charge in [-0.15, -0.1) is 28.1 Å². The monoisotopic (exact) mass is 472 g/mol. The predicted octanol–water partition coefficient (Wildman–Crippen LogP) is 6.01. The average molecular weight is 473 g/mol. The van der Waals surface area contributed by atoms with Crippen LogP contribution in [0, 0.1) is 12.8 Å².